The second-order valence-electron chi connectivity index (χ2n) is 3.15. The average Bonchev–Trinajstić information content (AvgIpc) is 1.84. The topological polar surface area (TPSA) is 37.3 Å². The van der Waals surface area contributed by atoms with Crippen LogP contribution in [-0.4, -0.2) is 16.5 Å². The maximum absolute atomic E-state index is 11.2. The number of hydrogen-bond donors (Lipinski definition) is 1. The first-order valence-electron chi connectivity index (χ1n) is 3.58. The van der Waals surface area contributed by atoms with Crippen LogP contribution in [0.5, 0.6) is 0 Å². The minimum absolute atomic E-state index is 0.227. The highest BCUT2D eigenvalue weighted by Crippen LogP contribution is 2.24. The highest BCUT2D eigenvalue weighted by molar-refractivity contribution is 6.01. The molecule has 0 aliphatic heterocycles. The first-order chi connectivity index (χ1) is 4.94. The summed E-state index contributed by atoms with van der Waals surface area (Å²) >= 11 is 0. The second-order valence-corrected chi connectivity index (χ2v) is 3.15. The lowest BCUT2D eigenvalue weighted by Gasteiger charge is -2.24. The largest absolute Gasteiger partial charge is 0.378 e. The fourth-order valence-electron chi connectivity index (χ4n) is 1.07. The molecule has 0 radical (unpaired) electrons. The van der Waals surface area contributed by atoms with E-state index in [0.717, 1.165) is 5.57 Å². The van der Waals surface area contributed by atoms with Gasteiger partial charge in [-0.1, -0.05) is 6.08 Å². The third-order valence-electron chi connectivity index (χ3n) is 2.05. The summed E-state index contributed by atoms with van der Waals surface area (Å²) in [6.07, 6.45) is 3.29. The molecule has 0 unspecified atom stereocenters. The van der Waals surface area contributed by atoms with Crippen molar-refractivity contribution < 1.29 is 9.90 Å². The Bertz CT molecular complexity index is 257. The number of carbonyl (C=O) groups excluding carboxylic acids is 1. The summed E-state index contributed by atoms with van der Waals surface area (Å²) in [5.74, 6) is -0.227. The molecule has 2 heteroatoms. The number of rotatable bonds is 0. The van der Waals surface area contributed by atoms with Gasteiger partial charge in [-0.25, -0.2) is 0 Å². The number of carbonyl (C=O) groups is 1. The Morgan fingerprint density at radius 1 is 1.36 bits per heavy atom. The Morgan fingerprint density at radius 2 is 1.91 bits per heavy atom. The normalized spacial score (nSPS) is 31.5. The molecular formula is C9H12O2. The van der Waals surface area contributed by atoms with Crippen LogP contribution in [0.1, 0.15) is 20.8 Å². The van der Waals surface area contributed by atoms with Crippen LogP contribution in [0.3, 0.4) is 0 Å². The second kappa shape index (κ2) is 2.31. The third kappa shape index (κ3) is 1.26. The van der Waals surface area contributed by atoms with Gasteiger partial charge >= 0.3 is 0 Å². The molecular weight excluding hydrogens is 140 g/mol. The molecule has 0 aromatic rings. The Hall–Kier alpha value is -0.890. The maximum atomic E-state index is 11.2. The SMILES string of the molecule is CC1=CC(=O)[C@@](C)(O)C(C)=C1. The van der Waals surface area contributed by atoms with Crippen molar-refractivity contribution >= 4 is 5.78 Å². The molecule has 0 amide bonds. The maximum Gasteiger partial charge on any atom is 0.191 e. The van der Waals surface area contributed by atoms with Crippen molar-refractivity contribution in [3.63, 3.8) is 0 Å². The van der Waals surface area contributed by atoms with E-state index in [-0.39, 0.29) is 5.78 Å². The van der Waals surface area contributed by atoms with E-state index < -0.39 is 5.60 Å². The molecule has 1 N–H and O–H groups in total. The highest BCUT2D eigenvalue weighted by atomic mass is 16.3. The van der Waals surface area contributed by atoms with Gasteiger partial charge in [0.1, 0.15) is 5.60 Å². The van der Waals surface area contributed by atoms with E-state index in [1.165, 1.54) is 13.0 Å². The molecule has 1 atom stereocenters. The molecule has 0 aromatic carbocycles. The highest BCUT2D eigenvalue weighted by Gasteiger charge is 2.32. The lowest BCUT2D eigenvalue weighted by atomic mass is 9.86. The molecule has 0 aromatic heterocycles. The first kappa shape index (κ1) is 8.21. The minimum atomic E-state index is -1.28. The van der Waals surface area contributed by atoms with E-state index in [9.17, 15) is 9.90 Å². The van der Waals surface area contributed by atoms with E-state index in [1.54, 1.807) is 6.92 Å². The van der Waals surface area contributed by atoms with Crippen LogP contribution in [0.25, 0.3) is 0 Å². The molecule has 0 saturated heterocycles. The van der Waals surface area contributed by atoms with Crippen molar-refractivity contribution in [2.75, 3.05) is 0 Å². The van der Waals surface area contributed by atoms with Crippen LogP contribution in [0.4, 0.5) is 0 Å². The smallest absolute Gasteiger partial charge is 0.191 e. The van der Waals surface area contributed by atoms with Crippen molar-refractivity contribution in [1.29, 1.82) is 0 Å². The Labute approximate surface area is 66.2 Å². The van der Waals surface area contributed by atoms with E-state index in [4.69, 9.17) is 0 Å². The van der Waals surface area contributed by atoms with Gasteiger partial charge in [-0.3, -0.25) is 4.79 Å². The molecule has 0 bridgehead atoms. The van der Waals surface area contributed by atoms with Gasteiger partial charge < -0.3 is 5.11 Å². The molecule has 1 rings (SSSR count). The van der Waals surface area contributed by atoms with E-state index in [1.807, 2.05) is 13.0 Å². The quantitative estimate of drug-likeness (QED) is 0.566. The minimum Gasteiger partial charge on any atom is -0.378 e. The van der Waals surface area contributed by atoms with Gasteiger partial charge in [0, 0.05) is 0 Å². The van der Waals surface area contributed by atoms with Gasteiger partial charge in [0.2, 0.25) is 0 Å². The summed E-state index contributed by atoms with van der Waals surface area (Å²) in [7, 11) is 0. The Kier molecular flexibility index (Phi) is 1.72. The Balaban J connectivity index is 3.11. The van der Waals surface area contributed by atoms with E-state index in [0.29, 0.717) is 5.57 Å². The Morgan fingerprint density at radius 3 is 2.36 bits per heavy atom. The van der Waals surface area contributed by atoms with Crippen LogP contribution < -0.4 is 0 Å². The van der Waals surface area contributed by atoms with Gasteiger partial charge in [-0.2, -0.15) is 0 Å². The molecule has 1 aliphatic rings. The fourth-order valence-corrected chi connectivity index (χ4v) is 1.07. The van der Waals surface area contributed by atoms with E-state index >= 15 is 0 Å². The summed E-state index contributed by atoms with van der Waals surface area (Å²) in [6.45, 7) is 5.12. The molecule has 2 nitrogen and oxygen atoms in total. The number of allylic oxidation sites excluding steroid dienone is 2. The lowest BCUT2D eigenvalue weighted by molar-refractivity contribution is -0.127. The summed E-state index contributed by atoms with van der Waals surface area (Å²) in [5.41, 5.74) is 0.334. The zero-order valence-electron chi connectivity index (χ0n) is 7.01. The van der Waals surface area contributed by atoms with Crippen molar-refractivity contribution in [3.8, 4) is 0 Å². The van der Waals surface area contributed by atoms with Crippen molar-refractivity contribution in [2.45, 2.75) is 26.4 Å². The molecule has 0 fully saturated rings. The van der Waals surface area contributed by atoms with Crippen molar-refractivity contribution in [1.82, 2.24) is 0 Å². The molecule has 0 saturated carbocycles. The standard InChI is InChI=1S/C9H12O2/c1-6-4-7(2)9(3,11)8(10)5-6/h4-5,11H,1-3H3/t9-/m0/s1. The zero-order chi connectivity index (χ0) is 8.65. The fraction of sp³-hybridized carbons (Fsp3) is 0.444. The van der Waals surface area contributed by atoms with Gasteiger partial charge in [0.15, 0.2) is 5.78 Å². The van der Waals surface area contributed by atoms with Gasteiger partial charge in [0.25, 0.3) is 0 Å². The number of aliphatic hydroxyl groups is 1. The van der Waals surface area contributed by atoms with E-state index in [2.05, 4.69) is 0 Å². The summed E-state index contributed by atoms with van der Waals surface area (Å²) in [5, 5.41) is 9.57. The van der Waals surface area contributed by atoms with Crippen LogP contribution in [-0.2, 0) is 4.79 Å². The summed E-state index contributed by atoms with van der Waals surface area (Å²) in [6, 6.07) is 0. The molecule has 1 aliphatic carbocycles. The van der Waals surface area contributed by atoms with Gasteiger partial charge in [-0.15, -0.1) is 0 Å². The van der Waals surface area contributed by atoms with Gasteiger partial charge in [-0.05, 0) is 38.0 Å². The molecule has 0 spiro atoms. The summed E-state index contributed by atoms with van der Waals surface area (Å²) in [4.78, 5) is 11.2. The monoisotopic (exact) mass is 152 g/mol. The van der Waals surface area contributed by atoms with Crippen LogP contribution in [0, 0.1) is 0 Å². The third-order valence-corrected chi connectivity index (χ3v) is 2.05. The summed E-state index contributed by atoms with van der Waals surface area (Å²) < 4.78 is 0. The first-order valence-corrected chi connectivity index (χ1v) is 3.58. The zero-order valence-corrected chi connectivity index (χ0v) is 7.01. The molecule has 60 valence electrons. The van der Waals surface area contributed by atoms with Crippen LogP contribution >= 0.6 is 0 Å². The van der Waals surface area contributed by atoms with Crippen molar-refractivity contribution in [3.05, 3.63) is 23.3 Å². The van der Waals surface area contributed by atoms with Crippen LogP contribution in [0.15, 0.2) is 23.3 Å². The predicted molar refractivity (Wildman–Crippen MR) is 43.1 cm³/mol. The molecule has 0 heterocycles. The molecule has 11 heavy (non-hydrogen) atoms. The lowest BCUT2D eigenvalue weighted by Crippen LogP contribution is -2.36. The van der Waals surface area contributed by atoms with Crippen molar-refractivity contribution in [2.24, 2.45) is 0 Å². The van der Waals surface area contributed by atoms with Crippen LogP contribution in [0.2, 0.25) is 0 Å². The average molecular weight is 152 g/mol. The number of hydrogen-bond acceptors (Lipinski definition) is 2. The predicted octanol–water partition coefficient (Wildman–Crippen LogP) is 1.21. The van der Waals surface area contributed by atoms with Gasteiger partial charge in [0.05, 0.1) is 0 Å². The number of ketones is 1.